The molecular formula is C24H24F3N3O2. The van der Waals surface area contributed by atoms with Gasteiger partial charge in [0.2, 0.25) is 0 Å². The first-order chi connectivity index (χ1) is 15.1. The lowest BCUT2D eigenvalue weighted by molar-refractivity contribution is -0.137. The predicted octanol–water partition coefficient (Wildman–Crippen LogP) is 6.24. The molecule has 1 N–H and O–H groups in total. The Bertz CT molecular complexity index is 1100. The molecule has 32 heavy (non-hydrogen) atoms. The molecule has 1 aliphatic rings. The number of hydrogen-bond donors (Lipinski definition) is 1. The summed E-state index contributed by atoms with van der Waals surface area (Å²) in [5.41, 5.74) is 0.804. The molecular weight excluding hydrogens is 419 g/mol. The van der Waals surface area contributed by atoms with Gasteiger partial charge in [0, 0.05) is 31.0 Å². The summed E-state index contributed by atoms with van der Waals surface area (Å²) in [6.45, 7) is 5.76. The van der Waals surface area contributed by atoms with Crippen molar-refractivity contribution in [3.05, 3.63) is 66.2 Å². The molecule has 1 amide bonds. The number of carbonyl (C=O) groups is 1. The highest BCUT2D eigenvalue weighted by atomic mass is 19.4. The highest BCUT2D eigenvalue weighted by Crippen LogP contribution is 2.39. The van der Waals surface area contributed by atoms with Crippen LogP contribution in [0.2, 0.25) is 0 Å². The second kappa shape index (κ2) is 8.33. The Morgan fingerprint density at radius 1 is 1.06 bits per heavy atom. The van der Waals surface area contributed by atoms with E-state index in [0.29, 0.717) is 24.5 Å². The van der Waals surface area contributed by atoms with Gasteiger partial charge in [-0.25, -0.2) is 0 Å². The number of benzene rings is 1. The number of hydrogen-bond acceptors (Lipinski definition) is 4. The number of rotatable bonds is 4. The second-order valence-electron chi connectivity index (χ2n) is 8.73. The summed E-state index contributed by atoms with van der Waals surface area (Å²) in [4.78, 5) is 18.8. The molecule has 5 nitrogen and oxygen atoms in total. The van der Waals surface area contributed by atoms with Crippen molar-refractivity contribution in [2.45, 2.75) is 32.9 Å². The maximum atomic E-state index is 13.3. The first kappa shape index (κ1) is 21.9. The number of nitrogens with zero attached hydrogens (tertiary/aromatic N) is 2. The Morgan fingerprint density at radius 3 is 2.41 bits per heavy atom. The van der Waals surface area contributed by atoms with Crippen LogP contribution >= 0.6 is 0 Å². The summed E-state index contributed by atoms with van der Waals surface area (Å²) < 4.78 is 45.7. The van der Waals surface area contributed by atoms with E-state index < -0.39 is 17.6 Å². The van der Waals surface area contributed by atoms with Gasteiger partial charge in [-0.05, 0) is 60.7 Å². The van der Waals surface area contributed by atoms with Crippen molar-refractivity contribution in [2.24, 2.45) is 5.41 Å². The van der Waals surface area contributed by atoms with E-state index in [1.807, 2.05) is 4.90 Å². The van der Waals surface area contributed by atoms with E-state index in [9.17, 15) is 18.0 Å². The SMILES string of the molecule is CC1(C)CCN(c2ccc(C(F)(F)F)cc2NC(=O)c2ccc(-c3ccncc3)o2)CC1. The molecule has 2 aromatic heterocycles. The third kappa shape index (κ3) is 4.79. The van der Waals surface area contributed by atoms with Crippen LogP contribution in [-0.4, -0.2) is 24.0 Å². The summed E-state index contributed by atoms with van der Waals surface area (Å²) in [7, 11) is 0. The van der Waals surface area contributed by atoms with Gasteiger partial charge in [-0.2, -0.15) is 13.2 Å². The Labute approximate surface area is 184 Å². The maximum Gasteiger partial charge on any atom is 0.416 e. The molecule has 0 bridgehead atoms. The monoisotopic (exact) mass is 443 g/mol. The minimum Gasteiger partial charge on any atom is -0.451 e. The number of amides is 1. The molecule has 0 atom stereocenters. The van der Waals surface area contributed by atoms with Crippen LogP contribution in [0, 0.1) is 5.41 Å². The average Bonchev–Trinajstić information content (AvgIpc) is 3.24. The number of nitrogens with one attached hydrogen (secondary N) is 1. The smallest absolute Gasteiger partial charge is 0.416 e. The van der Waals surface area contributed by atoms with Crippen LogP contribution in [0.5, 0.6) is 0 Å². The fraction of sp³-hybridized carbons (Fsp3) is 0.333. The zero-order chi connectivity index (χ0) is 22.9. The van der Waals surface area contributed by atoms with Crippen molar-refractivity contribution in [2.75, 3.05) is 23.3 Å². The van der Waals surface area contributed by atoms with E-state index >= 15 is 0 Å². The van der Waals surface area contributed by atoms with Gasteiger partial charge in [-0.15, -0.1) is 0 Å². The van der Waals surface area contributed by atoms with Crippen LogP contribution in [-0.2, 0) is 6.18 Å². The quantitative estimate of drug-likeness (QED) is 0.519. The molecule has 8 heteroatoms. The third-order valence-electron chi connectivity index (χ3n) is 5.82. The van der Waals surface area contributed by atoms with E-state index in [0.717, 1.165) is 30.5 Å². The zero-order valence-electron chi connectivity index (χ0n) is 17.9. The molecule has 1 aromatic carbocycles. The number of anilines is 2. The van der Waals surface area contributed by atoms with Crippen molar-refractivity contribution in [3.63, 3.8) is 0 Å². The number of alkyl halides is 3. The van der Waals surface area contributed by atoms with Crippen LogP contribution in [0.3, 0.4) is 0 Å². The predicted molar refractivity (Wildman–Crippen MR) is 117 cm³/mol. The summed E-state index contributed by atoms with van der Waals surface area (Å²) in [5.74, 6) is -0.122. The maximum absolute atomic E-state index is 13.3. The molecule has 0 spiro atoms. The molecule has 1 aliphatic heterocycles. The fourth-order valence-corrected chi connectivity index (χ4v) is 3.76. The van der Waals surface area contributed by atoms with Gasteiger partial charge in [-0.3, -0.25) is 9.78 Å². The molecule has 1 saturated heterocycles. The number of pyridine rings is 1. The lowest BCUT2D eigenvalue weighted by Crippen LogP contribution is -2.37. The highest BCUT2D eigenvalue weighted by molar-refractivity contribution is 6.04. The average molecular weight is 443 g/mol. The van der Waals surface area contributed by atoms with Gasteiger partial charge >= 0.3 is 6.18 Å². The van der Waals surface area contributed by atoms with Crippen molar-refractivity contribution < 1.29 is 22.4 Å². The first-order valence-electron chi connectivity index (χ1n) is 10.4. The summed E-state index contributed by atoms with van der Waals surface area (Å²) in [5, 5.41) is 2.64. The highest BCUT2D eigenvalue weighted by Gasteiger charge is 2.33. The summed E-state index contributed by atoms with van der Waals surface area (Å²) in [6, 6.07) is 10.1. The molecule has 168 valence electrons. The molecule has 1 fully saturated rings. The number of furan rings is 1. The van der Waals surface area contributed by atoms with E-state index in [2.05, 4.69) is 24.1 Å². The Hall–Kier alpha value is -3.29. The largest absolute Gasteiger partial charge is 0.451 e. The van der Waals surface area contributed by atoms with Crippen LogP contribution in [0.4, 0.5) is 24.5 Å². The van der Waals surface area contributed by atoms with Crippen LogP contribution in [0.1, 0.15) is 42.8 Å². The lowest BCUT2D eigenvalue weighted by atomic mass is 9.82. The minimum atomic E-state index is -4.51. The summed E-state index contributed by atoms with van der Waals surface area (Å²) >= 11 is 0. The van der Waals surface area contributed by atoms with Gasteiger partial charge in [0.05, 0.1) is 16.9 Å². The first-order valence-corrected chi connectivity index (χ1v) is 10.4. The Kier molecular flexibility index (Phi) is 5.71. The number of piperidine rings is 1. The van der Waals surface area contributed by atoms with Crippen molar-refractivity contribution >= 4 is 17.3 Å². The molecule has 3 aromatic rings. The number of aromatic nitrogens is 1. The Morgan fingerprint density at radius 2 is 1.75 bits per heavy atom. The number of halogens is 3. The summed E-state index contributed by atoms with van der Waals surface area (Å²) in [6.07, 6.45) is 0.518. The molecule has 3 heterocycles. The minimum absolute atomic E-state index is 0.0138. The Balaban J connectivity index is 1.61. The van der Waals surface area contributed by atoms with E-state index in [1.54, 1.807) is 30.6 Å². The molecule has 4 rings (SSSR count). The number of carbonyl (C=O) groups excluding carboxylic acids is 1. The van der Waals surface area contributed by atoms with E-state index in [-0.39, 0.29) is 16.9 Å². The molecule has 0 saturated carbocycles. The normalized spacial score (nSPS) is 16.1. The van der Waals surface area contributed by atoms with Gasteiger partial charge in [0.25, 0.3) is 5.91 Å². The van der Waals surface area contributed by atoms with Gasteiger partial charge in [-0.1, -0.05) is 13.8 Å². The van der Waals surface area contributed by atoms with Crippen molar-refractivity contribution in [1.29, 1.82) is 0 Å². The van der Waals surface area contributed by atoms with Gasteiger partial charge < -0.3 is 14.6 Å². The molecule has 0 unspecified atom stereocenters. The topological polar surface area (TPSA) is 58.4 Å². The van der Waals surface area contributed by atoms with E-state index in [1.165, 1.54) is 12.1 Å². The third-order valence-corrected chi connectivity index (χ3v) is 5.82. The van der Waals surface area contributed by atoms with E-state index in [4.69, 9.17) is 4.42 Å². The standard InChI is InChI=1S/C24H24F3N3O2/c1-23(2)9-13-30(14-10-23)19-4-3-17(24(25,26)27)15-18(19)29-22(31)21-6-5-20(32-21)16-7-11-28-12-8-16/h3-8,11-12,15H,9-10,13-14H2,1-2H3,(H,29,31). The molecule has 0 aliphatic carbocycles. The van der Waals surface area contributed by atoms with Crippen LogP contribution in [0.25, 0.3) is 11.3 Å². The molecule has 0 radical (unpaired) electrons. The van der Waals surface area contributed by atoms with Crippen LogP contribution in [0.15, 0.2) is 59.3 Å². The second-order valence-corrected chi connectivity index (χ2v) is 8.73. The van der Waals surface area contributed by atoms with Gasteiger partial charge in [0.1, 0.15) is 5.76 Å². The zero-order valence-corrected chi connectivity index (χ0v) is 17.9. The van der Waals surface area contributed by atoms with Crippen molar-refractivity contribution in [3.8, 4) is 11.3 Å². The van der Waals surface area contributed by atoms with Gasteiger partial charge in [0.15, 0.2) is 5.76 Å². The van der Waals surface area contributed by atoms with Crippen LogP contribution < -0.4 is 10.2 Å². The lowest BCUT2D eigenvalue weighted by Gasteiger charge is -2.39. The van der Waals surface area contributed by atoms with Crippen molar-refractivity contribution in [1.82, 2.24) is 4.98 Å². The fourth-order valence-electron chi connectivity index (χ4n) is 3.76.